The Kier molecular flexibility index (Phi) is 6.50. The summed E-state index contributed by atoms with van der Waals surface area (Å²) >= 11 is 0. The van der Waals surface area contributed by atoms with E-state index in [1.807, 2.05) is 29.8 Å². The molecule has 0 bridgehead atoms. The molecule has 1 saturated carbocycles. The van der Waals surface area contributed by atoms with Gasteiger partial charge in [-0.2, -0.15) is 13.2 Å². The van der Waals surface area contributed by atoms with E-state index in [9.17, 15) is 18.0 Å². The molecule has 1 amide bonds. The van der Waals surface area contributed by atoms with E-state index < -0.39 is 17.6 Å². The smallest absolute Gasteiger partial charge is 0.381 e. The Morgan fingerprint density at radius 3 is 2.69 bits per heavy atom. The van der Waals surface area contributed by atoms with Crippen LogP contribution in [0.3, 0.4) is 0 Å². The Labute approximate surface area is 225 Å². The monoisotopic (exact) mass is 539 g/mol. The van der Waals surface area contributed by atoms with Crippen LogP contribution in [0, 0.1) is 5.92 Å². The van der Waals surface area contributed by atoms with Gasteiger partial charge in [-0.1, -0.05) is 12.1 Å². The fourth-order valence-electron chi connectivity index (χ4n) is 6.14. The molecule has 0 radical (unpaired) electrons. The predicted octanol–water partition coefficient (Wildman–Crippen LogP) is 5.19. The predicted molar refractivity (Wildman–Crippen MR) is 139 cm³/mol. The van der Waals surface area contributed by atoms with E-state index in [-0.39, 0.29) is 35.0 Å². The standard InChI is InChI=1S/C29H32F3N5O2/c1-28(8-4-9-28)33-14-18-11-22-23(24(12-18)29(30,31)32)15-37(27(22)38)21-6-3-5-19(13-21)25(20-7-10-39-16-20)26-35-34-17-36(26)2/h3,5-6,11-13,17,20,25,33H,4,7-10,14-16H2,1-2H3/t20-,25+/m1/s1. The van der Waals surface area contributed by atoms with Crippen LogP contribution in [0.4, 0.5) is 18.9 Å². The summed E-state index contributed by atoms with van der Waals surface area (Å²) in [6.45, 7) is 3.49. The van der Waals surface area contributed by atoms with E-state index in [2.05, 4.69) is 22.4 Å². The average molecular weight is 540 g/mol. The number of carbonyl (C=O) groups is 1. The lowest BCUT2D eigenvalue weighted by atomic mass is 9.78. The number of amides is 1. The van der Waals surface area contributed by atoms with Crippen molar-refractivity contribution < 1.29 is 22.7 Å². The molecule has 10 heteroatoms. The summed E-state index contributed by atoms with van der Waals surface area (Å²) in [6, 6.07) is 10.3. The van der Waals surface area contributed by atoms with Crippen LogP contribution in [0.25, 0.3) is 0 Å². The van der Waals surface area contributed by atoms with Gasteiger partial charge in [0.25, 0.3) is 5.91 Å². The highest BCUT2D eigenvalue weighted by Crippen LogP contribution is 2.42. The molecule has 2 aromatic carbocycles. The van der Waals surface area contributed by atoms with Gasteiger partial charge in [0.15, 0.2) is 0 Å². The minimum atomic E-state index is -4.56. The Morgan fingerprint density at radius 1 is 1.23 bits per heavy atom. The maximum atomic E-state index is 14.2. The number of fused-ring (bicyclic) bond motifs is 1. The molecule has 3 heterocycles. The molecule has 1 aliphatic carbocycles. The molecule has 3 aliphatic rings. The van der Waals surface area contributed by atoms with Gasteiger partial charge in [0, 0.05) is 42.9 Å². The summed E-state index contributed by atoms with van der Waals surface area (Å²) in [5, 5.41) is 11.8. The second kappa shape index (κ2) is 9.75. The lowest BCUT2D eigenvalue weighted by Gasteiger charge is -2.39. The number of nitrogens with one attached hydrogen (secondary N) is 1. The summed E-state index contributed by atoms with van der Waals surface area (Å²) in [5.74, 6) is 0.439. The first-order valence-corrected chi connectivity index (χ1v) is 13.4. The highest BCUT2D eigenvalue weighted by molar-refractivity contribution is 6.10. The van der Waals surface area contributed by atoms with Gasteiger partial charge in [0.2, 0.25) is 0 Å². The minimum absolute atomic E-state index is 0.0329. The third-order valence-corrected chi connectivity index (χ3v) is 8.59. The Hall–Kier alpha value is -3.24. The van der Waals surface area contributed by atoms with Crippen molar-refractivity contribution in [2.75, 3.05) is 18.1 Å². The van der Waals surface area contributed by atoms with Gasteiger partial charge in [0.05, 0.1) is 18.7 Å². The van der Waals surface area contributed by atoms with Crippen LogP contribution in [-0.4, -0.2) is 39.4 Å². The maximum Gasteiger partial charge on any atom is 0.416 e. The highest BCUT2D eigenvalue weighted by atomic mass is 19.4. The first-order chi connectivity index (χ1) is 18.6. The first kappa shape index (κ1) is 26.0. The summed E-state index contributed by atoms with van der Waals surface area (Å²) in [6.07, 6.45) is 1.06. The molecule has 2 aliphatic heterocycles. The Bertz CT molecular complexity index is 1390. The fourth-order valence-corrected chi connectivity index (χ4v) is 6.14. The van der Waals surface area contributed by atoms with Crippen LogP contribution in [-0.2, 0) is 31.1 Å². The molecule has 1 saturated heterocycles. The van der Waals surface area contributed by atoms with Gasteiger partial charge in [0.1, 0.15) is 12.2 Å². The summed E-state index contributed by atoms with van der Waals surface area (Å²) in [5.41, 5.74) is 1.33. The van der Waals surface area contributed by atoms with Crippen LogP contribution in [0.15, 0.2) is 42.7 Å². The van der Waals surface area contributed by atoms with Crippen molar-refractivity contribution >= 4 is 11.6 Å². The van der Waals surface area contributed by atoms with Crippen molar-refractivity contribution in [3.8, 4) is 0 Å². The van der Waals surface area contributed by atoms with Gasteiger partial charge in [-0.05, 0) is 79.5 Å². The van der Waals surface area contributed by atoms with Crippen LogP contribution in [0.2, 0.25) is 0 Å². The molecular formula is C29H32F3N5O2. The van der Waals surface area contributed by atoms with Crippen LogP contribution in [0.1, 0.15) is 77.0 Å². The van der Waals surface area contributed by atoms with E-state index in [1.54, 1.807) is 18.5 Å². The SMILES string of the molecule is Cn1cnnc1[C@@H](c1cccc(N2Cc3c(cc(CNC4(C)CCC4)cc3C(F)(F)F)C2=O)c1)[C@@H]1CCOC1. The number of ether oxygens (including phenoxy) is 1. The molecule has 7 nitrogen and oxygen atoms in total. The van der Waals surface area contributed by atoms with Crippen LogP contribution >= 0.6 is 0 Å². The largest absolute Gasteiger partial charge is 0.416 e. The molecule has 1 N–H and O–H groups in total. The van der Waals surface area contributed by atoms with Crippen molar-refractivity contribution in [3.63, 3.8) is 0 Å². The first-order valence-electron chi connectivity index (χ1n) is 13.4. The summed E-state index contributed by atoms with van der Waals surface area (Å²) in [7, 11) is 1.89. The number of hydrogen-bond donors (Lipinski definition) is 1. The fraction of sp³-hybridized carbons (Fsp3) is 0.483. The number of aromatic nitrogens is 3. The average Bonchev–Trinajstić information content (AvgIpc) is 3.63. The van der Waals surface area contributed by atoms with Gasteiger partial charge in [-0.25, -0.2) is 0 Å². The van der Waals surface area contributed by atoms with E-state index in [0.717, 1.165) is 37.1 Å². The number of aryl methyl sites for hydroxylation is 1. The number of alkyl halides is 3. The van der Waals surface area contributed by atoms with Gasteiger partial charge in [-0.3, -0.25) is 4.79 Å². The quantitative estimate of drug-likeness (QED) is 0.447. The molecule has 2 fully saturated rings. The topological polar surface area (TPSA) is 72.3 Å². The van der Waals surface area contributed by atoms with E-state index >= 15 is 0 Å². The van der Waals surface area contributed by atoms with Gasteiger partial charge < -0.3 is 19.5 Å². The highest BCUT2D eigenvalue weighted by Gasteiger charge is 2.41. The van der Waals surface area contributed by atoms with E-state index in [1.165, 1.54) is 11.0 Å². The number of anilines is 1. The third kappa shape index (κ3) is 4.84. The number of benzene rings is 2. The number of hydrogen-bond acceptors (Lipinski definition) is 5. The lowest BCUT2D eigenvalue weighted by molar-refractivity contribution is -0.138. The van der Waals surface area contributed by atoms with Crippen LogP contribution in [0.5, 0.6) is 0 Å². The molecule has 0 spiro atoms. The zero-order chi connectivity index (χ0) is 27.4. The lowest BCUT2D eigenvalue weighted by Crippen LogP contribution is -2.47. The maximum absolute atomic E-state index is 14.2. The number of halogens is 3. The van der Waals surface area contributed by atoms with Gasteiger partial charge in [-0.15, -0.1) is 10.2 Å². The number of carbonyl (C=O) groups excluding carboxylic acids is 1. The van der Waals surface area contributed by atoms with Crippen LogP contribution < -0.4 is 10.2 Å². The van der Waals surface area contributed by atoms with E-state index in [0.29, 0.717) is 31.0 Å². The molecule has 1 aromatic heterocycles. The summed E-state index contributed by atoms with van der Waals surface area (Å²) < 4.78 is 50.1. The van der Waals surface area contributed by atoms with Crippen molar-refractivity contribution in [3.05, 3.63) is 76.4 Å². The molecule has 206 valence electrons. The second-order valence-electron chi connectivity index (χ2n) is 11.3. The molecule has 2 atom stereocenters. The molecule has 0 unspecified atom stereocenters. The van der Waals surface area contributed by atoms with Crippen molar-refractivity contribution in [1.82, 2.24) is 20.1 Å². The normalized spacial score (nSPS) is 21.2. The second-order valence-corrected chi connectivity index (χ2v) is 11.3. The zero-order valence-corrected chi connectivity index (χ0v) is 22.1. The Balaban J connectivity index is 1.33. The van der Waals surface area contributed by atoms with Gasteiger partial charge >= 0.3 is 6.18 Å². The third-order valence-electron chi connectivity index (χ3n) is 8.59. The molecule has 3 aromatic rings. The Morgan fingerprint density at radius 2 is 2.05 bits per heavy atom. The number of nitrogens with zero attached hydrogens (tertiary/aromatic N) is 4. The van der Waals surface area contributed by atoms with Crippen molar-refractivity contribution in [2.24, 2.45) is 13.0 Å². The summed E-state index contributed by atoms with van der Waals surface area (Å²) in [4.78, 5) is 15.1. The van der Waals surface area contributed by atoms with Crippen molar-refractivity contribution in [2.45, 2.75) is 63.3 Å². The molecular weight excluding hydrogens is 507 g/mol. The minimum Gasteiger partial charge on any atom is -0.381 e. The van der Waals surface area contributed by atoms with E-state index in [4.69, 9.17) is 4.74 Å². The molecule has 6 rings (SSSR count). The molecule has 39 heavy (non-hydrogen) atoms. The zero-order valence-electron chi connectivity index (χ0n) is 22.1. The van der Waals surface area contributed by atoms with Crippen molar-refractivity contribution in [1.29, 1.82) is 0 Å². The number of rotatable bonds is 7.